The summed E-state index contributed by atoms with van der Waals surface area (Å²) in [5.41, 5.74) is 4.60. The number of rotatable bonds is 2. The SMILES string of the molecule is CC1CC(=O)N(c2ccccc2)N=C1c1ccc2c(ccc3nncn32)c1. The number of anilines is 1. The Labute approximate surface area is 155 Å². The summed E-state index contributed by atoms with van der Waals surface area (Å²) < 4.78 is 1.96. The molecule has 27 heavy (non-hydrogen) atoms. The summed E-state index contributed by atoms with van der Waals surface area (Å²) in [7, 11) is 0. The molecule has 1 atom stereocenters. The van der Waals surface area contributed by atoms with Gasteiger partial charge in [-0.25, -0.2) is 5.01 Å². The molecule has 0 radical (unpaired) electrons. The van der Waals surface area contributed by atoms with Crippen LogP contribution in [0.5, 0.6) is 0 Å². The molecule has 2 aromatic carbocycles. The molecule has 0 aliphatic carbocycles. The lowest BCUT2D eigenvalue weighted by atomic mass is 9.93. The fourth-order valence-electron chi connectivity index (χ4n) is 3.59. The van der Waals surface area contributed by atoms with Crippen molar-refractivity contribution in [3.63, 3.8) is 0 Å². The van der Waals surface area contributed by atoms with E-state index in [0.29, 0.717) is 6.42 Å². The number of para-hydroxylation sites is 1. The van der Waals surface area contributed by atoms with E-state index in [-0.39, 0.29) is 11.8 Å². The zero-order valence-electron chi connectivity index (χ0n) is 14.8. The van der Waals surface area contributed by atoms with Crippen molar-refractivity contribution in [3.05, 3.63) is 72.6 Å². The van der Waals surface area contributed by atoms with Gasteiger partial charge in [0.1, 0.15) is 6.33 Å². The molecular formula is C21H17N5O. The van der Waals surface area contributed by atoms with Gasteiger partial charge in [-0.05, 0) is 47.3 Å². The summed E-state index contributed by atoms with van der Waals surface area (Å²) in [6.07, 6.45) is 2.16. The van der Waals surface area contributed by atoms with Gasteiger partial charge in [-0.2, -0.15) is 5.10 Å². The van der Waals surface area contributed by atoms with Crippen molar-refractivity contribution in [3.8, 4) is 0 Å². The summed E-state index contributed by atoms with van der Waals surface area (Å²) in [5, 5.41) is 15.4. The van der Waals surface area contributed by atoms with Crippen LogP contribution in [0.15, 0.2) is 72.1 Å². The van der Waals surface area contributed by atoms with Crippen molar-refractivity contribution >= 4 is 33.9 Å². The molecule has 0 N–H and O–H groups in total. The van der Waals surface area contributed by atoms with Crippen molar-refractivity contribution in [2.45, 2.75) is 13.3 Å². The summed E-state index contributed by atoms with van der Waals surface area (Å²) in [5.74, 6) is 0.0815. The Bertz CT molecular complexity index is 1200. The van der Waals surface area contributed by atoms with Gasteiger partial charge in [0.05, 0.1) is 16.9 Å². The number of benzene rings is 2. The van der Waals surface area contributed by atoms with Crippen LogP contribution in [0.1, 0.15) is 18.9 Å². The maximum Gasteiger partial charge on any atom is 0.248 e. The Kier molecular flexibility index (Phi) is 3.50. The highest BCUT2D eigenvalue weighted by atomic mass is 16.2. The third kappa shape index (κ3) is 2.57. The fourth-order valence-corrected chi connectivity index (χ4v) is 3.59. The van der Waals surface area contributed by atoms with E-state index in [9.17, 15) is 4.79 Å². The van der Waals surface area contributed by atoms with Crippen molar-refractivity contribution in [2.75, 3.05) is 5.01 Å². The standard InChI is InChI=1S/C21H17N5O/c1-14-11-20(27)26(17-5-3-2-4-6-17)24-21(14)16-7-9-18-15(12-16)8-10-19-23-22-13-25(18)19/h2-10,12-14H,11H2,1H3. The van der Waals surface area contributed by atoms with E-state index < -0.39 is 0 Å². The summed E-state index contributed by atoms with van der Waals surface area (Å²) in [4.78, 5) is 12.5. The van der Waals surface area contributed by atoms with Crippen LogP contribution in [0.4, 0.5) is 5.69 Å². The second-order valence-corrected chi connectivity index (χ2v) is 6.80. The van der Waals surface area contributed by atoms with Gasteiger partial charge >= 0.3 is 0 Å². The van der Waals surface area contributed by atoms with Gasteiger partial charge in [0.15, 0.2) is 5.65 Å². The molecular weight excluding hydrogens is 338 g/mol. The van der Waals surface area contributed by atoms with Crippen molar-refractivity contribution in [1.82, 2.24) is 14.6 Å². The highest BCUT2D eigenvalue weighted by Crippen LogP contribution is 2.27. The van der Waals surface area contributed by atoms with E-state index in [1.807, 2.05) is 53.8 Å². The molecule has 1 amide bonds. The van der Waals surface area contributed by atoms with Gasteiger partial charge in [0.25, 0.3) is 0 Å². The van der Waals surface area contributed by atoms with Crippen LogP contribution in [0.25, 0.3) is 16.6 Å². The molecule has 0 bridgehead atoms. The van der Waals surface area contributed by atoms with Gasteiger partial charge in [-0.3, -0.25) is 9.20 Å². The maximum atomic E-state index is 12.5. The van der Waals surface area contributed by atoms with Crippen LogP contribution in [-0.2, 0) is 4.79 Å². The minimum Gasteiger partial charge on any atom is -0.282 e. The van der Waals surface area contributed by atoms with Crippen LogP contribution in [0.2, 0.25) is 0 Å². The fraction of sp³-hybridized carbons (Fsp3) is 0.143. The Morgan fingerprint density at radius 2 is 1.89 bits per heavy atom. The Balaban J connectivity index is 1.63. The Morgan fingerprint density at radius 3 is 2.74 bits per heavy atom. The second kappa shape index (κ2) is 6.02. The topological polar surface area (TPSA) is 62.9 Å². The number of fused-ring (bicyclic) bond motifs is 3. The summed E-state index contributed by atoms with van der Waals surface area (Å²) >= 11 is 0. The molecule has 6 heteroatoms. The summed E-state index contributed by atoms with van der Waals surface area (Å²) in [6.45, 7) is 2.05. The minimum absolute atomic E-state index is 0.0180. The van der Waals surface area contributed by atoms with Crippen LogP contribution in [0.3, 0.4) is 0 Å². The van der Waals surface area contributed by atoms with Gasteiger partial charge in [0, 0.05) is 12.3 Å². The van der Waals surface area contributed by atoms with Crippen LogP contribution in [0, 0.1) is 5.92 Å². The van der Waals surface area contributed by atoms with Crippen molar-refractivity contribution < 1.29 is 4.79 Å². The average Bonchev–Trinajstić information content (AvgIpc) is 3.17. The normalized spacial score (nSPS) is 17.5. The number of hydrazone groups is 1. The lowest BCUT2D eigenvalue weighted by molar-refractivity contribution is -0.119. The first-order chi connectivity index (χ1) is 13.2. The van der Waals surface area contributed by atoms with E-state index in [1.165, 1.54) is 5.01 Å². The van der Waals surface area contributed by atoms with Gasteiger partial charge in [-0.1, -0.05) is 31.2 Å². The minimum atomic E-state index is 0.0180. The Morgan fingerprint density at radius 1 is 1.04 bits per heavy atom. The first-order valence-corrected chi connectivity index (χ1v) is 8.90. The van der Waals surface area contributed by atoms with Gasteiger partial charge in [-0.15, -0.1) is 10.2 Å². The van der Waals surface area contributed by atoms with E-state index in [2.05, 4.69) is 28.4 Å². The van der Waals surface area contributed by atoms with E-state index in [1.54, 1.807) is 6.33 Å². The molecule has 132 valence electrons. The van der Waals surface area contributed by atoms with E-state index in [0.717, 1.165) is 33.5 Å². The van der Waals surface area contributed by atoms with Crippen LogP contribution < -0.4 is 5.01 Å². The molecule has 0 saturated heterocycles. The predicted molar refractivity (Wildman–Crippen MR) is 105 cm³/mol. The average molecular weight is 355 g/mol. The quantitative estimate of drug-likeness (QED) is 0.551. The first-order valence-electron chi connectivity index (χ1n) is 8.90. The number of nitrogens with zero attached hydrogens (tertiary/aromatic N) is 5. The number of pyridine rings is 1. The number of hydrogen-bond acceptors (Lipinski definition) is 4. The van der Waals surface area contributed by atoms with Crippen molar-refractivity contribution in [2.24, 2.45) is 11.0 Å². The molecule has 0 saturated carbocycles. The molecule has 2 aromatic heterocycles. The van der Waals surface area contributed by atoms with Crippen LogP contribution >= 0.6 is 0 Å². The smallest absolute Gasteiger partial charge is 0.248 e. The van der Waals surface area contributed by atoms with Gasteiger partial charge < -0.3 is 0 Å². The van der Waals surface area contributed by atoms with E-state index in [4.69, 9.17) is 5.10 Å². The highest BCUT2D eigenvalue weighted by molar-refractivity contribution is 6.11. The zero-order chi connectivity index (χ0) is 18.4. The number of carbonyl (C=O) groups is 1. The molecule has 0 fully saturated rings. The lowest BCUT2D eigenvalue weighted by Crippen LogP contribution is -2.36. The molecule has 5 rings (SSSR count). The Hall–Kier alpha value is -3.54. The van der Waals surface area contributed by atoms with Gasteiger partial charge in [0.2, 0.25) is 5.91 Å². The number of carbonyl (C=O) groups excluding carboxylic acids is 1. The second-order valence-electron chi connectivity index (χ2n) is 6.80. The molecule has 0 spiro atoms. The molecule has 1 aliphatic rings. The molecule has 4 aromatic rings. The zero-order valence-corrected chi connectivity index (χ0v) is 14.8. The van der Waals surface area contributed by atoms with E-state index >= 15 is 0 Å². The molecule has 1 unspecified atom stereocenters. The lowest BCUT2D eigenvalue weighted by Gasteiger charge is -2.27. The third-order valence-electron chi connectivity index (χ3n) is 4.96. The molecule has 3 heterocycles. The van der Waals surface area contributed by atoms with Crippen molar-refractivity contribution in [1.29, 1.82) is 0 Å². The summed E-state index contributed by atoms with van der Waals surface area (Å²) in [6, 6.07) is 19.8. The maximum absolute atomic E-state index is 12.5. The largest absolute Gasteiger partial charge is 0.282 e. The monoisotopic (exact) mass is 355 g/mol. The third-order valence-corrected chi connectivity index (χ3v) is 4.96. The predicted octanol–water partition coefficient (Wildman–Crippen LogP) is 3.66. The van der Waals surface area contributed by atoms with Crippen LogP contribution in [-0.4, -0.2) is 26.2 Å². The number of aromatic nitrogens is 3. The number of amides is 1. The molecule has 6 nitrogen and oxygen atoms in total. The molecule has 1 aliphatic heterocycles. The first kappa shape index (κ1) is 15.7. The number of hydrogen-bond donors (Lipinski definition) is 0. The highest BCUT2D eigenvalue weighted by Gasteiger charge is 2.28.